The molecule has 0 spiro atoms. The molecule has 0 aliphatic heterocycles. The van der Waals surface area contributed by atoms with Crippen LogP contribution in [0.2, 0.25) is 0 Å². The van der Waals surface area contributed by atoms with Gasteiger partial charge in [-0.3, -0.25) is 4.79 Å². The van der Waals surface area contributed by atoms with Gasteiger partial charge in [0.15, 0.2) is 11.9 Å². The average Bonchev–Trinajstić information content (AvgIpc) is 2.44. The van der Waals surface area contributed by atoms with Gasteiger partial charge in [-0.05, 0) is 19.9 Å². The first-order chi connectivity index (χ1) is 9.81. The number of benzene rings is 1. The number of Topliss-reactive ketones (excluding diaryl/α,β-unsaturated/α-hetero) is 1. The molecule has 0 aliphatic rings. The Bertz CT molecular complexity index is 567. The summed E-state index contributed by atoms with van der Waals surface area (Å²) in [6.45, 7) is 3.27. The number of carboxylic acids is 1. The summed E-state index contributed by atoms with van der Waals surface area (Å²) in [5.74, 6) is -2.75. The number of ketones is 1. The molecule has 2 N–H and O–H groups in total. The highest BCUT2D eigenvalue weighted by Crippen LogP contribution is 2.25. The van der Waals surface area contributed by atoms with Crippen LogP contribution in [-0.4, -0.2) is 39.4 Å². The summed E-state index contributed by atoms with van der Waals surface area (Å²) in [4.78, 5) is 34.5. The molecular formula is C14H15BrO6. The van der Waals surface area contributed by atoms with Crippen LogP contribution in [0.3, 0.4) is 0 Å². The molecule has 114 valence electrons. The molecule has 1 rings (SSSR count). The molecule has 0 saturated heterocycles. The van der Waals surface area contributed by atoms with Gasteiger partial charge in [-0.1, -0.05) is 28.1 Å². The number of aliphatic carboxylic acids is 1. The van der Waals surface area contributed by atoms with E-state index >= 15 is 0 Å². The van der Waals surface area contributed by atoms with Gasteiger partial charge >= 0.3 is 11.9 Å². The Kier molecular flexibility index (Phi) is 6.04. The van der Waals surface area contributed by atoms with Crippen LogP contribution in [0.25, 0.3) is 0 Å². The zero-order chi connectivity index (χ0) is 16.2. The zero-order valence-electron chi connectivity index (χ0n) is 11.5. The average molecular weight is 359 g/mol. The molecule has 2 atom stereocenters. The fourth-order valence-corrected chi connectivity index (χ4v) is 2.01. The van der Waals surface area contributed by atoms with E-state index in [1.165, 1.54) is 18.2 Å². The van der Waals surface area contributed by atoms with Crippen LogP contribution in [0.4, 0.5) is 0 Å². The zero-order valence-corrected chi connectivity index (χ0v) is 13.1. The Morgan fingerprint density at radius 1 is 1.33 bits per heavy atom. The number of halogens is 1. The second-order valence-corrected chi connectivity index (χ2v) is 5.58. The maximum Gasteiger partial charge on any atom is 0.338 e. The molecule has 21 heavy (non-hydrogen) atoms. The van der Waals surface area contributed by atoms with Crippen molar-refractivity contribution < 1.29 is 29.3 Å². The monoisotopic (exact) mass is 358 g/mol. The second kappa shape index (κ2) is 7.33. The van der Waals surface area contributed by atoms with Crippen molar-refractivity contribution in [1.82, 2.24) is 0 Å². The number of aliphatic hydroxyl groups is 1. The van der Waals surface area contributed by atoms with Crippen molar-refractivity contribution in [2.45, 2.75) is 24.8 Å². The first kappa shape index (κ1) is 17.3. The SMILES string of the molecule is CCOC(=O)c1cccc(C(O)C(=O)O)c1C(=O)C(C)Br. The van der Waals surface area contributed by atoms with Gasteiger partial charge in [0, 0.05) is 11.1 Å². The van der Waals surface area contributed by atoms with Crippen LogP contribution in [0.5, 0.6) is 0 Å². The van der Waals surface area contributed by atoms with Crippen molar-refractivity contribution in [1.29, 1.82) is 0 Å². The number of aliphatic hydroxyl groups excluding tert-OH is 1. The second-order valence-electron chi connectivity index (χ2n) is 4.21. The largest absolute Gasteiger partial charge is 0.479 e. The lowest BCUT2D eigenvalue weighted by Gasteiger charge is -2.16. The third-order valence-electron chi connectivity index (χ3n) is 2.73. The molecule has 7 heteroatoms. The molecule has 0 heterocycles. The molecule has 0 aromatic heterocycles. The predicted octanol–water partition coefficient (Wildman–Crippen LogP) is 1.95. The van der Waals surface area contributed by atoms with E-state index in [4.69, 9.17) is 9.84 Å². The summed E-state index contributed by atoms with van der Waals surface area (Å²) in [5.41, 5.74) is -0.342. The van der Waals surface area contributed by atoms with Crippen LogP contribution in [-0.2, 0) is 9.53 Å². The molecule has 0 radical (unpaired) electrons. The Balaban J connectivity index is 3.52. The Hall–Kier alpha value is -1.73. The smallest absolute Gasteiger partial charge is 0.338 e. The van der Waals surface area contributed by atoms with Crippen LogP contribution in [0.15, 0.2) is 18.2 Å². The maximum absolute atomic E-state index is 12.3. The van der Waals surface area contributed by atoms with E-state index in [-0.39, 0.29) is 23.3 Å². The maximum atomic E-state index is 12.3. The van der Waals surface area contributed by atoms with Crippen molar-refractivity contribution >= 4 is 33.7 Å². The minimum atomic E-state index is -1.90. The Morgan fingerprint density at radius 3 is 2.43 bits per heavy atom. The molecule has 0 fully saturated rings. The first-order valence-electron chi connectivity index (χ1n) is 6.20. The third kappa shape index (κ3) is 3.89. The highest BCUT2D eigenvalue weighted by molar-refractivity contribution is 9.10. The van der Waals surface area contributed by atoms with Crippen molar-refractivity contribution in [2.24, 2.45) is 0 Å². The van der Waals surface area contributed by atoms with E-state index in [1.807, 2.05) is 0 Å². The Morgan fingerprint density at radius 2 is 1.95 bits per heavy atom. The number of carbonyl (C=O) groups is 3. The molecular weight excluding hydrogens is 344 g/mol. The fourth-order valence-electron chi connectivity index (χ4n) is 1.78. The lowest BCUT2D eigenvalue weighted by Crippen LogP contribution is -2.22. The summed E-state index contributed by atoms with van der Waals surface area (Å²) in [6.07, 6.45) is -1.90. The van der Waals surface area contributed by atoms with Crippen molar-refractivity contribution in [3.63, 3.8) is 0 Å². The van der Waals surface area contributed by atoms with E-state index in [0.717, 1.165) is 0 Å². The van der Waals surface area contributed by atoms with Gasteiger partial charge in [0.25, 0.3) is 0 Å². The van der Waals surface area contributed by atoms with Gasteiger partial charge in [-0.15, -0.1) is 0 Å². The third-order valence-corrected chi connectivity index (χ3v) is 3.14. The van der Waals surface area contributed by atoms with Crippen LogP contribution in [0.1, 0.15) is 46.2 Å². The van der Waals surface area contributed by atoms with Gasteiger partial charge in [0.1, 0.15) is 0 Å². The number of rotatable bonds is 6. The topological polar surface area (TPSA) is 101 Å². The van der Waals surface area contributed by atoms with Crippen LogP contribution < -0.4 is 0 Å². The molecule has 6 nitrogen and oxygen atoms in total. The summed E-state index contributed by atoms with van der Waals surface area (Å²) in [5, 5.41) is 18.7. The molecule has 1 aromatic rings. The standard InChI is InChI=1S/C14H15BrO6/c1-3-21-14(20)9-6-4-5-8(12(17)13(18)19)10(9)11(16)7(2)15/h4-7,12,17H,3H2,1-2H3,(H,18,19). The van der Waals surface area contributed by atoms with Gasteiger partial charge in [-0.25, -0.2) is 9.59 Å². The van der Waals surface area contributed by atoms with Gasteiger partial charge in [0.2, 0.25) is 0 Å². The summed E-state index contributed by atoms with van der Waals surface area (Å²) in [6, 6.07) is 4.05. The normalized spacial score (nSPS) is 13.3. The molecule has 0 saturated carbocycles. The highest BCUT2D eigenvalue weighted by Gasteiger charge is 2.29. The molecule has 0 aliphatic carbocycles. The minimum Gasteiger partial charge on any atom is -0.479 e. The van der Waals surface area contributed by atoms with Crippen molar-refractivity contribution in [3.05, 3.63) is 34.9 Å². The van der Waals surface area contributed by atoms with E-state index in [2.05, 4.69) is 15.9 Å². The first-order valence-corrected chi connectivity index (χ1v) is 7.12. The summed E-state index contributed by atoms with van der Waals surface area (Å²) >= 11 is 3.09. The highest BCUT2D eigenvalue weighted by atomic mass is 79.9. The fraction of sp³-hybridized carbons (Fsp3) is 0.357. The summed E-state index contributed by atoms with van der Waals surface area (Å²) in [7, 11) is 0. The van der Waals surface area contributed by atoms with Gasteiger partial charge in [0.05, 0.1) is 17.0 Å². The molecule has 0 bridgehead atoms. The minimum absolute atomic E-state index is 0.0639. The Labute approximate surface area is 129 Å². The quantitative estimate of drug-likeness (QED) is 0.457. The number of hydrogen-bond donors (Lipinski definition) is 2. The lowest BCUT2D eigenvalue weighted by molar-refractivity contribution is -0.146. The van der Waals surface area contributed by atoms with E-state index < -0.39 is 28.7 Å². The predicted molar refractivity (Wildman–Crippen MR) is 77.7 cm³/mol. The number of hydrogen-bond acceptors (Lipinski definition) is 5. The van der Waals surface area contributed by atoms with Crippen LogP contribution >= 0.6 is 15.9 Å². The van der Waals surface area contributed by atoms with Crippen molar-refractivity contribution in [2.75, 3.05) is 6.61 Å². The molecule has 1 aromatic carbocycles. The molecule has 0 amide bonds. The summed E-state index contributed by atoms with van der Waals surface area (Å²) < 4.78 is 4.86. The lowest BCUT2D eigenvalue weighted by atomic mass is 9.93. The van der Waals surface area contributed by atoms with E-state index in [1.54, 1.807) is 13.8 Å². The number of alkyl halides is 1. The van der Waals surface area contributed by atoms with Crippen LogP contribution in [0, 0.1) is 0 Å². The van der Waals surface area contributed by atoms with E-state index in [9.17, 15) is 19.5 Å². The van der Waals surface area contributed by atoms with E-state index in [0.29, 0.717) is 0 Å². The number of esters is 1. The van der Waals surface area contributed by atoms with Gasteiger partial charge < -0.3 is 14.9 Å². The number of carboxylic acid groups (broad SMARTS) is 1. The molecule has 2 unspecified atom stereocenters. The number of carbonyl (C=O) groups excluding carboxylic acids is 2. The number of ether oxygens (including phenoxy) is 1. The van der Waals surface area contributed by atoms with Gasteiger partial charge in [-0.2, -0.15) is 0 Å². The van der Waals surface area contributed by atoms with Crippen molar-refractivity contribution in [3.8, 4) is 0 Å².